The molecule has 1 N–H and O–H groups in total. The molecule has 1 aromatic carbocycles. The van der Waals surface area contributed by atoms with Crippen molar-refractivity contribution in [1.82, 2.24) is 5.32 Å². The molecule has 1 atom stereocenters. The van der Waals surface area contributed by atoms with Gasteiger partial charge in [0.25, 0.3) is 0 Å². The average Bonchev–Trinajstić information content (AvgIpc) is 2.35. The van der Waals surface area contributed by atoms with E-state index in [1.165, 1.54) is 0 Å². The molecule has 0 heterocycles. The molecule has 18 heavy (non-hydrogen) atoms. The predicted octanol–water partition coefficient (Wildman–Crippen LogP) is 2.89. The summed E-state index contributed by atoms with van der Waals surface area (Å²) in [6, 6.07) is 6.34. The molecule has 1 rings (SSSR count). The van der Waals surface area contributed by atoms with Crippen molar-refractivity contribution in [1.29, 1.82) is 0 Å². The molecule has 0 fully saturated rings. The summed E-state index contributed by atoms with van der Waals surface area (Å²) in [7, 11) is -3.24. The van der Waals surface area contributed by atoms with Gasteiger partial charge in [0.1, 0.15) is 0 Å². The second-order valence-corrected chi connectivity index (χ2v) is 6.77. The number of benzene rings is 1. The Kier molecular flexibility index (Phi) is 6.12. The van der Waals surface area contributed by atoms with E-state index >= 15 is 0 Å². The molecular formula is C13H20ClNO2S. The molecule has 0 spiro atoms. The van der Waals surface area contributed by atoms with E-state index in [2.05, 4.69) is 12.2 Å². The SMILES string of the molecule is CCCNC(CC)CS(=O)(=O)c1ccc(Cl)cc1. The molecule has 0 radical (unpaired) electrons. The quantitative estimate of drug-likeness (QED) is 0.839. The zero-order valence-corrected chi connectivity index (χ0v) is 12.4. The Labute approximate surface area is 114 Å². The molecule has 5 heteroatoms. The average molecular weight is 290 g/mol. The molecule has 0 saturated heterocycles. The van der Waals surface area contributed by atoms with E-state index in [0.29, 0.717) is 9.92 Å². The lowest BCUT2D eigenvalue weighted by Crippen LogP contribution is -2.35. The lowest BCUT2D eigenvalue weighted by atomic mass is 10.2. The number of rotatable bonds is 7. The molecule has 0 aliphatic rings. The van der Waals surface area contributed by atoms with Crippen molar-refractivity contribution in [2.24, 2.45) is 0 Å². The van der Waals surface area contributed by atoms with Gasteiger partial charge in [0.2, 0.25) is 0 Å². The lowest BCUT2D eigenvalue weighted by Gasteiger charge is -2.16. The molecule has 102 valence electrons. The fraction of sp³-hybridized carbons (Fsp3) is 0.538. The highest BCUT2D eigenvalue weighted by Crippen LogP contribution is 2.16. The van der Waals surface area contributed by atoms with E-state index in [-0.39, 0.29) is 11.8 Å². The predicted molar refractivity (Wildman–Crippen MR) is 75.9 cm³/mol. The summed E-state index contributed by atoms with van der Waals surface area (Å²) in [4.78, 5) is 0.337. The minimum absolute atomic E-state index is 0.00521. The molecule has 0 amide bonds. The van der Waals surface area contributed by atoms with Crippen molar-refractivity contribution in [2.75, 3.05) is 12.3 Å². The highest BCUT2D eigenvalue weighted by atomic mass is 35.5. The first-order chi connectivity index (χ1) is 8.49. The van der Waals surface area contributed by atoms with Crippen molar-refractivity contribution in [3.63, 3.8) is 0 Å². The van der Waals surface area contributed by atoms with Gasteiger partial charge < -0.3 is 5.32 Å². The fourth-order valence-electron chi connectivity index (χ4n) is 1.67. The molecular weight excluding hydrogens is 270 g/mol. The van der Waals surface area contributed by atoms with Crippen LogP contribution in [0.3, 0.4) is 0 Å². The van der Waals surface area contributed by atoms with Gasteiger partial charge in [0, 0.05) is 11.1 Å². The van der Waals surface area contributed by atoms with Crippen molar-refractivity contribution in [2.45, 2.75) is 37.6 Å². The lowest BCUT2D eigenvalue weighted by molar-refractivity contribution is 0.519. The third-order valence-electron chi connectivity index (χ3n) is 2.77. The molecule has 0 aromatic heterocycles. The van der Waals surface area contributed by atoms with Crippen molar-refractivity contribution in [3.05, 3.63) is 29.3 Å². The van der Waals surface area contributed by atoms with E-state index in [0.717, 1.165) is 19.4 Å². The summed E-state index contributed by atoms with van der Waals surface area (Å²) in [5.41, 5.74) is 0. The van der Waals surface area contributed by atoms with Crippen LogP contribution in [-0.4, -0.2) is 26.8 Å². The van der Waals surface area contributed by atoms with Gasteiger partial charge in [-0.2, -0.15) is 0 Å². The molecule has 0 saturated carbocycles. The second-order valence-electron chi connectivity index (χ2n) is 4.29. The van der Waals surface area contributed by atoms with Crippen LogP contribution in [0, 0.1) is 0 Å². The highest BCUT2D eigenvalue weighted by Gasteiger charge is 2.19. The summed E-state index contributed by atoms with van der Waals surface area (Å²) in [5, 5.41) is 3.80. The summed E-state index contributed by atoms with van der Waals surface area (Å²) >= 11 is 5.76. The van der Waals surface area contributed by atoms with E-state index in [1.807, 2.05) is 6.92 Å². The van der Waals surface area contributed by atoms with Crippen molar-refractivity contribution >= 4 is 21.4 Å². The van der Waals surface area contributed by atoms with E-state index in [1.54, 1.807) is 24.3 Å². The van der Waals surface area contributed by atoms with Crippen LogP contribution < -0.4 is 5.32 Å². The standard InChI is InChI=1S/C13H20ClNO2S/c1-3-9-15-12(4-2)10-18(16,17)13-7-5-11(14)6-8-13/h5-8,12,15H,3-4,9-10H2,1-2H3. The molecule has 0 aliphatic carbocycles. The van der Waals surface area contributed by atoms with Gasteiger partial charge in [0.15, 0.2) is 9.84 Å². The maximum atomic E-state index is 12.2. The zero-order chi connectivity index (χ0) is 13.6. The molecule has 0 bridgehead atoms. The van der Waals surface area contributed by atoms with Gasteiger partial charge in [-0.25, -0.2) is 8.42 Å². The number of nitrogens with one attached hydrogen (secondary N) is 1. The van der Waals surface area contributed by atoms with Crippen LogP contribution in [0.5, 0.6) is 0 Å². The molecule has 1 aromatic rings. The van der Waals surface area contributed by atoms with Crippen LogP contribution >= 0.6 is 11.6 Å². The number of hydrogen-bond donors (Lipinski definition) is 1. The Morgan fingerprint density at radius 3 is 2.33 bits per heavy atom. The van der Waals surface area contributed by atoms with Crippen LogP contribution in [0.2, 0.25) is 5.02 Å². The summed E-state index contributed by atoms with van der Waals surface area (Å²) in [6.45, 7) is 4.90. The van der Waals surface area contributed by atoms with Crippen LogP contribution in [0.4, 0.5) is 0 Å². The first-order valence-corrected chi connectivity index (χ1v) is 8.24. The summed E-state index contributed by atoms with van der Waals surface area (Å²) < 4.78 is 24.4. The third-order valence-corrected chi connectivity index (χ3v) is 4.85. The zero-order valence-electron chi connectivity index (χ0n) is 10.8. The van der Waals surface area contributed by atoms with Gasteiger partial charge in [-0.15, -0.1) is 0 Å². The topological polar surface area (TPSA) is 46.2 Å². The van der Waals surface area contributed by atoms with E-state index in [4.69, 9.17) is 11.6 Å². The van der Waals surface area contributed by atoms with E-state index < -0.39 is 9.84 Å². The fourth-order valence-corrected chi connectivity index (χ4v) is 3.43. The smallest absolute Gasteiger partial charge is 0.179 e. The summed E-state index contributed by atoms with van der Waals surface area (Å²) in [5.74, 6) is 0.130. The first kappa shape index (κ1) is 15.5. The van der Waals surface area contributed by atoms with Gasteiger partial charge in [-0.3, -0.25) is 0 Å². The second kappa shape index (κ2) is 7.12. The van der Waals surface area contributed by atoms with E-state index in [9.17, 15) is 8.42 Å². The van der Waals surface area contributed by atoms with Crippen LogP contribution in [0.1, 0.15) is 26.7 Å². The monoisotopic (exact) mass is 289 g/mol. The molecule has 1 unspecified atom stereocenters. The maximum Gasteiger partial charge on any atom is 0.179 e. The Morgan fingerprint density at radius 2 is 1.83 bits per heavy atom. The number of hydrogen-bond acceptors (Lipinski definition) is 3. The van der Waals surface area contributed by atoms with Gasteiger partial charge in [0.05, 0.1) is 10.6 Å². The Bertz CT molecular complexity index is 456. The van der Waals surface area contributed by atoms with Gasteiger partial charge >= 0.3 is 0 Å². The number of halogens is 1. The molecule has 0 aliphatic heterocycles. The number of sulfone groups is 1. The van der Waals surface area contributed by atoms with Crippen LogP contribution in [-0.2, 0) is 9.84 Å². The largest absolute Gasteiger partial charge is 0.313 e. The highest BCUT2D eigenvalue weighted by molar-refractivity contribution is 7.91. The van der Waals surface area contributed by atoms with Crippen LogP contribution in [0.15, 0.2) is 29.2 Å². The van der Waals surface area contributed by atoms with Gasteiger partial charge in [-0.1, -0.05) is 25.4 Å². The van der Waals surface area contributed by atoms with Crippen molar-refractivity contribution < 1.29 is 8.42 Å². The van der Waals surface area contributed by atoms with Crippen LogP contribution in [0.25, 0.3) is 0 Å². The minimum atomic E-state index is -3.24. The normalized spacial score (nSPS) is 13.5. The third kappa shape index (κ3) is 4.59. The Morgan fingerprint density at radius 1 is 1.22 bits per heavy atom. The Balaban J connectivity index is 2.77. The summed E-state index contributed by atoms with van der Waals surface area (Å²) in [6.07, 6.45) is 1.80. The minimum Gasteiger partial charge on any atom is -0.313 e. The first-order valence-electron chi connectivity index (χ1n) is 6.21. The Hall–Kier alpha value is -0.580. The van der Waals surface area contributed by atoms with Crippen molar-refractivity contribution in [3.8, 4) is 0 Å². The molecule has 3 nitrogen and oxygen atoms in total. The maximum absolute atomic E-state index is 12.2. The van der Waals surface area contributed by atoms with Gasteiger partial charge in [-0.05, 0) is 43.7 Å².